The Bertz CT molecular complexity index is 342. The molecule has 0 spiro atoms. The molecule has 0 amide bonds. The molecule has 1 N–H and O–H groups in total. The zero-order valence-electron chi connectivity index (χ0n) is 9.05. The van der Waals surface area contributed by atoms with Crippen molar-refractivity contribution in [2.75, 3.05) is 19.5 Å². The van der Waals surface area contributed by atoms with Crippen molar-refractivity contribution in [3.63, 3.8) is 0 Å². The molecule has 1 aromatic carbocycles. The van der Waals surface area contributed by atoms with Gasteiger partial charge >= 0.3 is 0 Å². The Labute approximate surface area is 85.3 Å². The minimum absolute atomic E-state index is 0.799. The van der Waals surface area contributed by atoms with E-state index in [1.54, 1.807) is 7.11 Å². The highest BCUT2D eigenvalue weighted by molar-refractivity contribution is 5.60. The zero-order valence-corrected chi connectivity index (χ0v) is 9.05. The van der Waals surface area contributed by atoms with Crippen LogP contribution in [0.25, 0.3) is 0 Å². The quantitative estimate of drug-likeness (QED) is 0.793. The maximum absolute atomic E-state index is 5.31. The first-order valence-corrected chi connectivity index (χ1v) is 5.12. The van der Waals surface area contributed by atoms with E-state index >= 15 is 0 Å². The summed E-state index contributed by atoms with van der Waals surface area (Å²) in [5.74, 6) is 1.74. The lowest BCUT2D eigenvalue weighted by Crippen LogP contribution is -1.97. The van der Waals surface area contributed by atoms with Crippen LogP contribution in [0.5, 0.6) is 5.75 Å². The molecular weight excluding hydrogens is 174 g/mol. The molecule has 2 heteroatoms. The Hall–Kier alpha value is -1.18. The molecule has 1 saturated carbocycles. The van der Waals surface area contributed by atoms with Gasteiger partial charge in [0.1, 0.15) is 5.75 Å². The molecule has 0 atom stereocenters. The van der Waals surface area contributed by atoms with Gasteiger partial charge in [-0.2, -0.15) is 0 Å². The van der Waals surface area contributed by atoms with Crippen LogP contribution in [0.3, 0.4) is 0 Å². The van der Waals surface area contributed by atoms with Crippen molar-refractivity contribution >= 4 is 5.69 Å². The summed E-state index contributed by atoms with van der Waals surface area (Å²) in [5, 5.41) is 3.17. The summed E-state index contributed by atoms with van der Waals surface area (Å²) >= 11 is 0. The number of rotatable bonds is 3. The fourth-order valence-electron chi connectivity index (χ4n) is 1.90. The van der Waals surface area contributed by atoms with Crippen LogP contribution < -0.4 is 10.1 Å². The fourth-order valence-corrected chi connectivity index (χ4v) is 1.90. The third kappa shape index (κ3) is 1.57. The summed E-state index contributed by atoms with van der Waals surface area (Å²) in [6.45, 7) is 2.16. The SMILES string of the molecule is CNc1cc(C2CC2)c(C)cc1OC. The Kier molecular flexibility index (Phi) is 2.36. The molecule has 0 aliphatic heterocycles. The minimum Gasteiger partial charge on any atom is -0.495 e. The normalized spacial score (nSPS) is 15.4. The van der Waals surface area contributed by atoms with E-state index < -0.39 is 0 Å². The topological polar surface area (TPSA) is 21.3 Å². The van der Waals surface area contributed by atoms with Gasteiger partial charge in [-0.1, -0.05) is 0 Å². The predicted molar refractivity (Wildman–Crippen MR) is 59.3 cm³/mol. The number of hydrogen-bond donors (Lipinski definition) is 1. The molecule has 0 unspecified atom stereocenters. The van der Waals surface area contributed by atoms with Gasteiger partial charge in [0, 0.05) is 7.05 Å². The number of ether oxygens (including phenoxy) is 1. The van der Waals surface area contributed by atoms with Gasteiger partial charge in [-0.3, -0.25) is 0 Å². The minimum atomic E-state index is 0.799. The summed E-state index contributed by atoms with van der Waals surface area (Å²) < 4.78 is 5.31. The summed E-state index contributed by atoms with van der Waals surface area (Å²) in [7, 11) is 3.65. The van der Waals surface area contributed by atoms with E-state index in [-0.39, 0.29) is 0 Å². The monoisotopic (exact) mass is 191 g/mol. The summed E-state index contributed by atoms with van der Waals surface area (Å²) in [5.41, 5.74) is 3.93. The second-order valence-electron chi connectivity index (χ2n) is 3.93. The Morgan fingerprint density at radius 2 is 2.07 bits per heavy atom. The van der Waals surface area contributed by atoms with E-state index in [2.05, 4.69) is 24.4 Å². The van der Waals surface area contributed by atoms with Gasteiger partial charge in [0.25, 0.3) is 0 Å². The number of benzene rings is 1. The third-order valence-electron chi connectivity index (χ3n) is 2.87. The Morgan fingerprint density at radius 3 is 2.57 bits per heavy atom. The van der Waals surface area contributed by atoms with Gasteiger partial charge in [0.05, 0.1) is 12.8 Å². The van der Waals surface area contributed by atoms with Crippen molar-refractivity contribution < 1.29 is 4.74 Å². The number of aryl methyl sites for hydroxylation is 1. The average molecular weight is 191 g/mol. The van der Waals surface area contributed by atoms with Crippen LogP contribution in [0.4, 0.5) is 5.69 Å². The molecule has 2 rings (SSSR count). The van der Waals surface area contributed by atoms with Gasteiger partial charge in [-0.05, 0) is 48.9 Å². The molecule has 1 aliphatic rings. The molecule has 1 aliphatic carbocycles. The van der Waals surface area contributed by atoms with E-state index in [1.807, 2.05) is 7.05 Å². The first-order chi connectivity index (χ1) is 6.76. The third-order valence-corrected chi connectivity index (χ3v) is 2.87. The Balaban J connectivity index is 2.42. The average Bonchev–Trinajstić information content (AvgIpc) is 3.01. The van der Waals surface area contributed by atoms with E-state index in [0.717, 1.165) is 17.4 Å². The van der Waals surface area contributed by atoms with Crippen LogP contribution >= 0.6 is 0 Å². The van der Waals surface area contributed by atoms with Crippen molar-refractivity contribution in [1.29, 1.82) is 0 Å². The van der Waals surface area contributed by atoms with E-state index in [1.165, 1.54) is 24.0 Å². The van der Waals surface area contributed by atoms with Gasteiger partial charge in [0.2, 0.25) is 0 Å². The number of hydrogen-bond acceptors (Lipinski definition) is 2. The van der Waals surface area contributed by atoms with Crippen LogP contribution in [0.1, 0.15) is 29.9 Å². The van der Waals surface area contributed by atoms with Crippen molar-refractivity contribution in [2.24, 2.45) is 0 Å². The summed E-state index contributed by atoms with van der Waals surface area (Å²) in [6, 6.07) is 4.35. The maximum Gasteiger partial charge on any atom is 0.142 e. The first-order valence-electron chi connectivity index (χ1n) is 5.12. The van der Waals surface area contributed by atoms with Crippen molar-refractivity contribution in [3.05, 3.63) is 23.3 Å². The Morgan fingerprint density at radius 1 is 1.36 bits per heavy atom. The second-order valence-corrected chi connectivity index (χ2v) is 3.93. The van der Waals surface area contributed by atoms with E-state index in [0.29, 0.717) is 0 Å². The highest BCUT2D eigenvalue weighted by atomic mass is 16.5. The van der Waals surface area contributed by atoms with Gasteiger partial charge < -0.3 is 10.1 Å². The largest absolute Gasteiger partial charge is 0.495 e. The fraction of sp³-hybridized carbons (Fsp3) is 0.500. The van der Waals surface area contributed by atoms with Crippen LogP contribution in [0.15, 0.2) is 12.1 Å². The summed E-state index contributed by atoms with van der Waals surface area (Å²) in [6.07, 6.45) is 2.69. The van der Waals surface area contributed by atoms with Gasteiger partial charge in [-0.25, -0.2) is 0 Å². The molecule has 14 heavy (non-hydrogen) atoms. The molecule has 0 radical (unpaired) electrons. The first kappa shape index (κ1) is 9.38. The van der Waals surface area contributed by atoms with E-state index in [9.17, 15) is 0 Å². The van der Waals surface area contributed by atoms with Gasteiger partial charge in [-0.15, -0.1) is 0 Å². The van der Waals surface area contributed by atoms with Crippen molar-refractivity contribution in [1.82, 2.24) is 0 Å². The van der Waals surface area contributed by atoms with Crippen molar-refractivity contribution in [2.45, 2.75) is 25.7 Å². The van der Waals surface area contributed by atoms with Crippen LogP contribution in [-0.4, -0.2) is 14.2 Å². The zero-order chi connectivity index (χ0) is 10.1. The lowest BCUT2D eigenvalue weighted by Gasteiger charge is -2.12. The molecule has 0 bridgehead atoms. The maximum atomic E-state index is 5.31. The molecule has 2 nitrogen and oxygen atoms in total. The molecule has 0 heterocycles. The van der Waals surface area contributed by atoms with Crippen LogP contribution in [0.2, 0.25) is 0 Å². The summed E-state index contributed by atoms with van der Waals surface area (Å²) in [4.78, 5) is 0. The van der Waals surface area contributed by atoms with Gasteiger partial charge in [0.15, 0.2) is 0 Å². The number of nitrogens with one attached hydrogen (secondary N) is 1. The smallest absolute Gasteiger partial charge is 0.142 e. The molecule has 76 valence electrons. The standard InChI is InChI=1S/C12H17NO/c1-8-6-12(14-3)11(13-2)7-10(8)9-4-5-9/h6-7,9,13H,4-5H2,1-3H3. The van der Waals surface area contributed by atoms with E-state index in [4.69, 9.17) is 4.74 Å². The highest BCUT2D eigenvalue weighted by Crippen LogP contribution is 2.44. The lowest BCUT2D eigenvalue weighted by atomic mass is 10.0. The lowest BCUT2D eigenvalue weighted by molar-refractivity contribution is 0.416. The highest BCUT2D eigenvalue weighted by Gasteiger charge is 2.25. The second kappa shape index (κ2) is 3.52. The predicted octanol–water partition coefficient (Wildman–Crippen LogP) is 2.92. The molecule has 1 fully saturated rings. The van der Waals surface area contributed by atoms with Crippen molar-refractivity contribution in [3.8, 4) is 5.75 Å². The molecule has 0 aromatic heterocycles. The molecular formula is C12H17NO. The molecule has 0 saturated heterocycles. The van der Waals surface area contributed by atoms with Crippen LogP contribution in [0, 0.1) is 6.92 Å². The van der Waals surface area contributed by atoms with Crippen LogP contribution in [-0.2, 0) is 0 Å². The number of methoxy groups -OCH3 is 1. The number of anilines is 1. The molecule has 1 aromatic rings.